The van der Waals surface area contributed by atoms with Gasteiger partial charge >= 0.3 is 0 Å². The van der Waals surface area contributed by atoms with Crippen molar-refractivity contribution < 1.29 is 0 Å². The molecule has 2 aromatic rings. The van der Waals surface area contributed by atoms with Gasteiger partial charge in [-0.05, 0) is 6.07 Å². The molecule has 0 bridgehead atoms. The average molecular weight is 254 g/mol. The van der Waals surface area contributed by atoms with Gasteiger partial charge in [0.15, 0.2) is 0 Å². The Bertz CT molecular complexity index is 450. The molecule has 0 radical (unpaired) electrons. The molecular formula is C11H16ClN5. The molecule has 1 aliphatic rings. The van der Waals surface area contributed by atoms with E-state index in [9.17, 15) is 0 Å². The summed E-state index contributed by atoms with van der Waals surface area (Å²) < 4.78 is 4.22. The minimum atomic E-state index is 0. The van der Waals surface area contributed by atoms with E-state index >= 15 is 0 Å². The maximum absolute atomic E-state index is 4.33. The molecule has 0 fully saturated rings. The summed E-state index contributed by atoms with van der Waals surface area (Å²) in [5.74, 6) is 1.69. The number of imidazole rings is 1. The van der Waals surface area contributed by atoms with Crippen LogP contribution in [0.25, 0.3) is 0 Å². The Balaban J connectivity index is 0.00000108. The van der Waals surface area contributed by atoms with Crippen LogP contribution in [0.2, 0.25) is 0 Å². The van der Waals surface area contributed by atoms with Gasteiger partial charge in [-0.15, -0.1) is 12.4 Å². The molecule has 0 spiro atoms. The third-order valence-corrected chi connectivity index (χ3v) is 2.98. The van der Waals surface area contributed by atoms with E-state index in [-0.39, 0.29) is 12.4 Å². The molecular weight excluding hydrogens is 238 g/mol. The highest BCUT2D eigenvalue weighted by Crippen LogP contribution is 2.10. The summed E-state index contributed by atoms with van der Waals surface area (Å²) in [6.07, 6.45) is 7.76. The van der Waals surface area contributed by atoms with Crippen molar-refractivity contribution in [3.05, 3.63) is 36.7 Å². The molecule has 5 nitrogen and oxygen atoms in total. The number of nitrogens with one attached hydrogen (secondary N) is 1. The Kier molecular flexibility index (Phi) is 3.81. The topological polar surface area (TPSA) is 47.7 Å². The van der Waals surface area contributed by atoms with Gasteiger partial charge < -0.3 is 9.88 Å². The quantitative estimate of drug-likeness (QED) is 0.866. The Morgan fingerprint density at radius 1 is 1.35 bits per heavy atom. The lowest BCUT2D eigenvalue weighted by Gasteiger charge is -2.15. The van der Waals surface area contributed by atoms with Crippen molar-refractivity contribution in [2.75, 3.05) is 6.54 Å². The Labute approximate surface area is 106 Å². The first-order valence-electron chi connectivity index (χ1n) is 5.60. The van der Waals surface area contributed by atoms with Gasteiger partial charge in [-0.3, -0.25) is 4.68 Å². The lowest BCUT2D eigenvalue weighted by molar-refractivity contribution is 0.367. The largest absolute Gasteiger partial charge is 0.333 e. The molecule has 0 aromatic carbocycles. The standard InChI is InChI=1S/C11H15N5.ClH/c1-2-14-16(4-1)9-10-6-12-7-11-13-3-5-15(11)8-10;/h1-5,10,12H,6-9H2;1H. The van der Waals surface area contributed by atoms with Crippen LogP contribution in [0.15, 0.2) is 30.9 Å². The van der Waals surface area contributed by atoms with Crippen molar-refractivity contribution in [3.63, 3.8) is 0 Å². The normalized spacial score (nSPS) is 19.2. The maximum Gasteiger partial charge on any atom is 0.122 e. The molecule has 3 rings (SSSR count). The van der Waals surface area contributed by atoms with E-state index in [0.29, 0.717) is 5.92 Å². The van der Waals surface area contributed by atoms with Crippen LogP contribution in [0.4, 0.5) is 0 Å². The van der Waals surface area contributed by atoms with E-state index < -0.39 is 0 Å². The molecule has 1 unspecified atom stereocenters. The van der Waals surface area contributed by atoms with Crippen molar-refractivity contribution in [2.24, 2.45) is 5.92 Å². The summed E-state index contributed by atoms with van der Waals surface area (Å²) in [5.41, 5.74) is 0. The molecule has 0 saturated heterocycles. The molecule has 0 amide bonds. The number of halogens is 1. The SMILES string of the molecule is Cl.c1cnn(CC2CNCc3nccn3C2)c1. The van der Waals surface area contributed by atoms with Gasteiger partial charge in [0.25, 0.3) is 0 Å². The van der Waals surface area contributed by atoms with Crippen LogP contribution < -0.4 is 5.32 Å². The predicted molar refractivity (Wildman–Crippen MR) is 66.9 cm³/mol. The Hall–Kier alpha value is -1.33. The fourth-order valence-corrected chi connectivity index (χ4v) is 2.20. The molecule has 1 aliphatic heterocycles. The fourth-order valence-electron chi connectivity index (χ4n) is 2.20. The Morgan fingerprint density at radius 2 is 2.29 bits per heavy atom. The van der Waals surface area contributed by atoms with Crippen LogP contribution in [-0.2, 0) is 19.6 Å². The average Bonchev–Trinajstić information content (AvgIpc) is 2.88. The van der Waals surface area contributed by atoms with Gasteiger partial charge in [0.1, 0.15) is 5.82 Å². The summed E-state index contributed by atoms with van der Waals surface area (Å²) in [5, 5.41) is 7.68. The molecule has 3 heterocycles. The highest BCUT2D eigenvalue weighted by atomic mass is 35.5. The first-order chi connectivity index (χ1) is 7.92. The lowest BCUT2D eigenvalue weighted by Crippen LogP contribution is -2.25. The van der Waals surface area contributed by atoms with Crippen LogP contribution in [-0.4, -0.2) is 25.9 Å². The van der Waals surface area contributed by atoms with E-state index in [1.165, 1.54) is 0 Å². The van der Waals surface area contributed by atoms with Gasteiger partial charge in [-0.1, -0.05) is 0 Å². The lowest BCUT2D eigenvalue weighted by atomic mass is 10.1. The van der Waals surface area contributed by atoms with Gasteiger partial charge in [-0.2, -0.15) is 5.10 Å². The van der Waals surface area contributed by atoms with E-state index in [1.807, 2.05) is 29.3 Å². The van der Waals surface area contributed by atoms with Crippen LogP contribution in [0.5, 0.6) is 0 Å². The predicted octanol–water partition coefficient (Wildman–Crippen LogP) is 0.921. The first kappa shape index (κ1) is 12.1. The summed E-state index contributed by atoms with van der Waals surface area (Å²) in [4.78, 5) is 4.33. The molecule has 0 aliphatic carbocycles. The highest BCUT2D eigenvalue weighted by Gasteiger charge is 2.16. The highest BCUT2D eigenvalue weighted by molar-refractivity contribution is 5.85. The second-order valence-electron chi connectivity index (χ2n) is 4.22. The first-order valence-corrected chi connectivity index (χ1v) is 5.60. The molecule has 92 valence electrons. The van der Waals surface area contributed by atoms with Crippen molar-refractivity contribution in [2.45, 2.75) is 19.6 Å². The summed E-state index contributed by atoms with van der Waals surface area (Å²) in [7, 11) is 0. The Morgan fingerprint density at radius 3 is 3.12 bits per heavy atom. The minimum Gasteiger partial charge on any atom is -0.333 e. The number of rotatable bonds is 2. The van der Waals surface area contributed by atoms with Crippen LogP contribution >= 0.6 is 12.4 Å². The van der Waals surface area contributed by atoms with Crippen LogP contribution in [0.1, 0.15) is 5.82 Å². The zero-order valence-electron chi connectivity index (χ0n) is 9.49. The molecule has 17 heavy (non-hydrogen) atoms. The van der Waals surface area contributed by atoms with Crippen LogP contribution in [0, 0.1) is 5.92 Å². The van der Waals surface area contributed by atoms with Crippen molar-refractivity contribution in [1.82, 2.24) is 24.6 Å². The zero-order chi connectivity index (χ0) is 10.8. The number of hydrogen-bond acceptors (Lipinski definition) is 3. The molecule has 0 saturated carbocycles. The molecule has 1 atom stereocenters. The third-order valence-electron chi connectivity index (χ3n) is 2.98. The minimum absolute atomic E-state index is 0. The van der Waals surface area contributed by atoms with Crippen molar-refractivity contribution in [3.8, 4) is 0 Å². The third kappa shape index (κ3) is 2.68. The van der Waals surface area contributed by atoms with E-state index in [1.54, 1.807) is 0 Å². The van der Waals surface area contributed by atoms with Gasteiger partial charge in [-0.25, -0.2) is 4.98 Å². The summed E-state index contributed by atoms with van der Waals surface area (Å²) >= 11 is 0. The smallest absolute Gasteiger partial charge is 0.122 e. The monoisotopic (exact) mass is 253 g/mol. The second kappa shape index (κ2) is 5.33. The number of aromatic nitrogens is 4. The molecule has 1 N–H and O–H groups in total. The number of fused-ring (bicyclic) bond motifs is 1. The number of hydrogen-bond donors (Lipinski definition) is 1. The van der Waals surface area contributed by atoms with E-state index in [0.717, 1.165) is 32.0 Å². The molecule has 2 aromatic heterocycles. The zero-order valence-corrected chi connectivity index (χ0v) is 10.3. The number of nitrogens with zero attached hydrogens (tertiary/aromatic N) is 4. The van der Waals surface area contributed by atoms with Crippen molar-refractivity contribution >= 4 is 12.4 Å². The van der Waals surface area contributed by atoms with Gasteiger partial charge in [0.05, 0.1) is 6.54 Å². The fraction of sp³-hybridized carbons (Fsp3) is 0.455. The van der Waals surface area contributed by atoms with E-state index in [2.05, 4.69) is 26.2 Å². The van der Waals surface area contributed by atoms with Crippen LogP contribution in [0.3, 0.4) is 0 Å². The van der Waals surface area contributed by atoms with Gasteiger partial charge in [0, 0.05) is 50.3 Å². The second-order valence-corrected chi connectivity index (χ2v) is 4.22. The molecule has 6 heteroatoms. The maximum atomic E-state index is 4.33. The summed E-state index contributed by atoms with van der Waals surface area (Å²) in [6, 6.07) is 1.97. The summed E-state index contributed by atoms with van der Waals surface area (Å²) in [6.45, 7) is 3.85. The van der Waals surface area contributed by atoms with E-state index in [4.69, 9.17) is 0 Å². The van der Waals surface area contributed by atoms with Crippen molar-refractivity contribution in [1.29, 1.82) is 0 Å². The van der Waals surface area contributed by atoms with Gasteiger partial charge in [0.2, 0.25) is 0 Å².